The van der Waals surface area contributed by atoms with Gasteiger partial charge < -0.3 is 15.0 Å². The number of anilines is 1. The molecule has 1 N–H and O–H groups in total. The van der Waals surface area contributed by atoms with Gasteiger partial charge in [0.25, 0.3) is 0 Å². The summed E-state index contributed by atoms with van der Waals surface area (Å²) in [5, 5.41) is 5.71. The number of nitrogens with one attached hydrogen (secondary N) is 1. The fraction of sp³-hybridized carbons (Fsp3) is 0.412. The minimum atomic E-state index is 0.406. The standard InChI is InChI=1S/C17H22N2OS/c1-14(17-3-2-12-21-17)18-13-15-4-6-16(7-5-15)19-8-10-20-11-9-19/h2-7,12,14,18H,8-11,13H2,1H3. The van der Waals surface area contributed by atoms with Crippen molar-refractivity contribution in [3.63, 3.8) is 0 Å². The highest BCUT2D eigenvalue weighted by atomic mass is 32.1. The molecule has 1 atom stereocenters. The minimum Gasteiger partial charge on any atom is -0.378 e. The van der Waals surface area contributed by atoms with Crippen molar-refractivity contribution in [3.8, 4) is 0 Å². The second-order valence-corrected chi connectivity index (χ2v) is 6.36. The maximum absolute atomic E-state index is 5.39. The van der Waals surface area contributed by atoms with Gasteiger partial charge in [0.15, 0.2) is 0 Å². The lowest BCUT2D eigenvalue weighted by molar-refractivity contribution is 0.122. The van der Waals surface area contributed by atoms with E-state index in [1.54, 1.807) is 11.3 Å². The fourth-order valence-corrected chi connectivity index (χ4v) is 3.31. The van der Waals surface area contributed by atoms with E-state index < -0.39 is 0 Å². The number of thiophene rings is 1. The molecular formula is C17H22N2OS. The Balaban J connectivity index is 1.54. The van der Waals surface area contributed by atoms with E-state index in [4.69, 9.17) is 4.74 Å². The first-order chi connectivity index (χ1) is 10.3. The zero-order chi connectivity index (χ0) is 14.5. The summed E-state index contributed by atoms with van der Waals surface area (Å²) in [5.41, 5.74) is 2.63. The average Bonchev–Trinajstić information content (AvgIpc) is 3.08. The van der Waals surface area contributed by atoms with E-state index in [0.29, 0.717) is 6.04 Å². The monoisotopic (exact) mass is 302 g/mol. The van der Waals surface area contributed by atoms with Crippen LogP contribution in [-0.4, -0.2) is 26.3 Å². The van der Waals surface area contributed by atoms with Crippen LogP contribution in [0.3, 0.4) is 0 Å². The van der Waals surface area contributed by atoms with Gasteiger partial charge in [-0.2, -0.15) is 0 Å². The van der Waals surface area contributed by atoms with E-state index in [9.17, 15) is 0 Å². The summed E-state index contributed by atoms with van der Waals surface area (Å²) in [6, 6.07) is 13.6. The lowest BCUT2D eigenvalue weighted by Crippen LogP contribution is -2.36. The quantitative estimate of drug-likeness (QED) is 0.916. The highest BCUT2D eigenvalue weighted by molar-refractivity contribution is 7.10. The third-order valence-electron chi connectivity index (χ3n) is 3.89. The highest BCUT2D eigenvalue weighted by Crippen LogP contribution is 2.20. The Hall–Kier alpha value is -1.36. The van der Waals surface area contributed by atoms with Gasteiger partial charge in [-0.3, -0.25) is 0 Å². The van der Waals surface area contributed by atoms with Gasteiger partial charge in [0.1, 0.15) is 0 Å². The molecule has 0 aliphatic carbocycles. The van der Waals surface area contributed by atoms with Crippen molar-refractivity contribution >= 4 is 17.0 Å². The van der Waals surface area contributed by atoms with Gasteiger partial charge in [-0.1, -0.05) is 18.2 Å². The van der Waals surface area contributed by atoms with E-state index in [-0.39, 0.29) is 0 Å². The van der Waals surface area contributed by atoms with Crippen molar-refractivity contribution in [2.24, 2.45) is 0 Å². The molecule has 1 unspecified atom stereocenters. The molecule has 3 nitrogen and oxygen atoms in total. The maximum Gasteiger partial charge on any atom is 0.0642 e. The summed E-state index contributed by atoms with van der Waals surface area (Å²) in [7, 11) is 0. The Morgan fingerprint density at radius 1 is 1.19 bits per heavy atom. The third-order valence-corrected chi connectivity index (χ3v) is 4.95. The molecule has 3 rings (SSSR count). The van der Waals surface area contributed by atoms with Gasteiger partial charge in [0.05, 0.1) is 13.2 Å². The van der Waals surface area contributed by atoms with Crippen molar-refractivity contribution < 1.29 is 4.74 Å². The van der Waals surface area contributed by atoms with Crippen LogP contribution >= 0.6 is 11.3 Å². The van der Waals surface area contributed by atoms with Gasteiger partial charge in [-0.15, -0.1) is 11.3 Å². The minimum absolute atomic E-state index is 0.406. The molecule has 1 aliphatic heterocycles. The zero-order valence-electron chi connectivity index (χ0n) is 12.4. The van der Waals surface area contributed by atoms with Crippen molar-refractivity contribution in [1.82, 2.24) is 5.32 Å². The number of hydrogen-bond donors (Lipinski definition) is 1. The molecule has 0 radical (unpaired) electrons. The Morgan fingerprint density at radius 2 is 1.95 bits per heavy atom. The van der Waals surface area contributed by atoms with Crippen LogP contribution in [-0.2, 0) is 11.3 Å². The molecule has 112 valence electrons. The van der Waals surface area contributed by atoms with Gasteiger partial charge in [-0.05, 0) is 36.1 Å². The lowest BCUT2D eigenvalue weighted by Gasteiger charge is -2.29. The molecule has 0 spiro atoms. The van der Waals surface area contributed by atoms with Crippen molar-refractivity contribution in [2.75, 3.05) is 31.2 Å². The number of rotatable bonds is 5. The first-order valence-electron chi connectivity index (χ1n) is 7.51. The topological polar surface area (TPSA) is 24.5 Å². The zero-order valence-corrected chi connectivity index (χ0v) is 13.2. The molecule has 4 heteroatoms. The molecule has 2 heterocycles. The molecule has 1 saturated heterocycles. The fourth-order valence-electron chi connectivity index (χ4n) is 2.56. The van der Waals surface area contributed by atoms with E-state index in [1.807, 2.05) is 0 Å². The van der Waals surface area contributed by atoms with Crippen LogP contribution < -0.4 is 10.2 Å². The Bertz CT molecular complexity index is 532. The number of nitrogens with zero attached hydrogens (tertiary/aromatic N) is 1. The summed E-state index contributed by atoms with van der Waals surface area (Å²) in [6.07, 6.45) is 0. The highest BCUT2D eigenvalue weighted by Gasteiger charge is 2.11. The molecule has 0 saturated carbocycles. The first-order valence-corrected chi connectivity index (χ1v) is 8.39. The van der Waals surface area contributed by atoms with Crippen LogP contribution in [0, 0.1) is 0 Å². The third kappa shape index (κ3) is 3.84. The van der Waals surface area contributed by atoms with Crippen LogP contribution in [0.2, 0.25) is 0 Å². The van der Waals surface area contributed by atoms with Crippen molar-refractivity contribution in [3.05, 3.63) is 52.2 Å². The van der Waals surface area contributed by atoms with Gasteiger partial charge in [0, 0.05) is 36.2 Å². The van der Waals surface area contributed by atoms with Crippen LogP contribution in [0.4, 0.5) is 5.69 Å². The summed E-state index contributed by atoms with van der Waals surface area (Å²) >= 11 is 1.81. The molecular weight excluding hydrogens is 280 g/mol. The van der Waals surface area contributed by atoms with Gasteiger partial charge in [0.2, 0.25) is 0 Å². The summed E-state index contributed by atoms with van der Waals surface area (Å²) < 4.78 is 5.39. The predicted octanol–water partition coefficient (Wildman–Crippen LogP) is 3.44. The Labute approximate surface area is 130 Å². The average molecular weight is 302 g/mol. The molecule has 0 amide bonds. The molecule has 0 bridgehead atoms. The second-order valence-electron chi connectivity index (χ2n) is 5.38. The van der Waals surface area contributed by atoms with Crippen molar-refractivity contribution in [2.45, 2.75) is 19.5 Å². The normalized spacial score (nSPS) is 16.9. The van der Waals surface area contributed by atoms with Crippen LogP contribution in [0.25, 0.3) is 0 Å². The van der Waals surface area contributed by atoms with Crippen LogP contribution in [0.15, 0.2) is 41.8 Å². The van der Waals surface area contributed by atoms with E-state index in [0.717, 1.165) is 32.8 Å². The molecule has 1 aliphatic rings. The number of hydrogen-bond acceptors (Lipinski definition) is 4. The molecule has 1 aromatic heterocycles. The predicted molar refractivity (Wildman–Crippen MR) is 89.0 cm³/mol. The SMILES string of the molecule is CC(NCc1ccc(N2CCOCC2)cc1)c1cccs1. The molecule has 2 aromatic rings. The van der Waals surface area contributed by atoms with Gasteiger partial charge >= 0.3 is 0 Å². The number of morpholine rings is 1. The van der Waals surface area contributed by atoms with E-state index >= 15 is 0 Å². The van der Waals surface area contributed by atoms with E-state index in [1.165, 1.54) is 16.1 Å². The first kappa shape index (κ1) is 14.6. The van der Waals surface area contributed by atoms with Crippen molar-refractivity contribution in [1.29, 1.82) is 0 Å². The molecule has 1 fully saturated rings. The molecule has 1 aromatic carbocycles. The Morgan fingerprint density at radius 3 is 2.62 bits per heavy atom. The summed E-state index contributed by atoms with van der Waals surface area (Å²) in [5.74, 6) is 0. The largest absolute Gasteiger partial charge is 0.378 e. The maximum atomic E-state index is 5.39. The van der Waals surface area contributed by atoms with Crippen LogP contribution in [0.1, 0.15) is 23.4 Å². The second kappa shape index (κ2) is 7.07. The smallest absolute Gasteiger partial charge is 0.0642 e. The van der Waals surface area contributed by atoms with E-state index in [2.05, 4.69) is 58.9 Å². The number of ether oxygens (including phenoxy) is 1. The summed E-state index contributed by atoms with van der Waals surface area (Å²) in [4.78, 5) is 3.77. The van der Waals surface area contributed by atoms with Gasteiger partial charge in [-0.25, -0.2) is 0 Å². The lowest BCUT2D eigenvalue weighted by atomic mass is 10.1. The number of benzene rings is 1. The Kier molecular flexibility index (Phi) is 4.91. The van der Waals surface area contributed by atoms with Crippen LogP contribution in [0.5, 0.6) is 0 Å². The summed E-state index contributed by atoms with van der Waals surface area (Å²) in [6.45, 7) is 6.78. The molecule has 21 heavy (non-hydrogen) atoms.